The molecule has 1 fully saturated rings. The minimum absolute atomic E-state index is 0.0208. The summed E-state index contributed by atoms with van der Waals surface area (Å²) in [5.41, 5.74) is -1.25. The van der Waals surface area contributed by atoms with Crippen LogP contribution in [0.25, 0.3) is 0 Å². The molecular weight excluding hydrogens is 309 g/mol. The first kappa shape index (κ1) is 14.5. The third-order valence-electron chi connectivity index (χ3n) is 3.84. The summed E-state index contributed by atoms with van der Waals surface area (Å²) in [5.74, 6) is -1.79. The highest BCUT2D eigenvalue weighted by molar-refractivity contribution is 6.31. The highest BCUT2D eigenvalue weighted by atomic mass is 35.5. The SMILES string of the molecule is O=C1Nc2ccc(Cl)c(F)c2C2(CNCC(C(F)F)C2)O1. The Balaban J connectivity index is 2.11. The Bertz CT molecular complexity index is 599. The Labute approximate surface area is 123 Å². The largest absolute Gasteiger partial charge is 0.436 e. The van der Waals surface area contributed by atoms with Gasteiger partial charge in [-0.05, 0) is 12.1 Å². The fraction of sp³-hybridized carbons (Fsp3) is 0.462. The zero-order chi connectivity index (χ0) is 15.2. The van der Waals surface area contributed by atoms with Crippen LogP contribution in [0, 0.1) is 11.7 Å². The summed E-state index contributed by atoms with van der Waals surface area (Å²) < 4.78 is 45.6. The normalized spacial score (nSPS) is 28.2. The van der Waals surface area contributed by atoms with Gasteiger partial charge < -0.3 is 10.1 Å². The molecule has 21 heavy (non-hydrogen) atoms. The molecule has 1 amide bonds. The lowest BCUT2D eigenvalue weighted by atomic mass is 9.79. The molecule has 0 aliphatic carbocycles. The molecule has 2 heterocycles. The maximum absolute atomic E-state index is 14.4. The number of fused-ring (bicyclic) bond motifs is 2. The summed E-state index contributed by atoms with van der Waals surface area (Å²) in [4.78, 5) is 11.7. The van der Waals surface area contributed by atoms with Crippen molar-refractivity contribution in [3.05, 3.63) is 28.5 Å². The van der Waals surface area contributed by atoms with E-state index in [1.54, 1.807) is 0 Å². The van der Waals surface area contributed by atoms with Crippen LogP contribution in [0.4, 0.5) is 23.7 Å². The predicted molar refractivity (Wildman–Crippen MR) is 70.2 cm³/mol. The molecule has 1 saturated heterocycles. The van der Waals surface area contributed by atoms with Crippen molar-refractivity contribution in [2.75, 3.05) is 18.4 Å². The summed E-state index contributed by atoms with van der Waals surface area (Å²) in [6, 6.07) is 2.74. The van der Waals surface area contributed by atoms with Crippen LogP contribution in [0.5, 0.6) is 0 Å². The first-order valence-corrected chi connectivity index (χ1v) is 6.78. The molecular formula is C13H12ClF3N2O2. The maximum atomic E-state index is 14.4. The van der Waals surface area contributed by atoms with Crippen LogP contribution in [0.1, 0.15) is 12.0 Å². The zero-order valence-corrected chi connectivity index (χ0v) is 11.5. The number of hydrogen-bond donors (Lipinski definition) is 2. The Morgan fingerprint density at radius 3 is 2.90 bits per heavy atom. The van der Waals surface area contributed by atoms with E-state index >= 15 is 0 Å². The molecule has 1 spiro atoms. The van der Waals surface area contributed by atoms with Gasteiger partial charge in [-0.25, -0.2) is 18.0 Å². The molecule has 2 atom stereocenters. The van der Waals surface area contributed by atoms with Crippen LogP contribution in [-0.2, 0) is 10.3 Å². The van der Waals surface area contributed by atoms with Gasteiger partial charge in [-0.15, -0.1) is 0 Å². The van der Waals surface area contributed by atoms with E-state index in [2.05, 4.69) is 10.6 Å². The fourth-order valence-electron chi connectivity index (χ4n) is 2.94. The number of nitrogens with one attached hydrogen (secondary N) is 2. The van der Waals surface area contributed by atoms with Gasteiger partial charge in [0.15, 0.2) is 11.4 Å². The average molecular weight is 321 g/mol. The van der Waals surface area contributed by atoms with Crippen molar-refractivity contribution in [2.45, 2.75) is 18.4 Å². The summed E-state index contributed by atoms with van der Waals surface area (Å²) in [6.07, 6.45) is -3.54. The predicted octanol–water partition coefficient (Wildman–Crippen LogP) is 3.11. The molecule has 0 bridgehead atoms. The number of halogens is 4. The first-order valence-electron chi connectivity index (χ1n) is 6.40. The van der Waals surface area contributed by atoms with Gasteiger partial charge in [0.25, 0.3) is 0 Å². The number of carbonyl (C=O) groups is 1. The van der Waals surface area contributed by atoms with Crippen molar-refractivity contribution in [1.82, 2.24) is 5.32 Å². The lowest BCUT2D eigenvalue weighted by Crippen LogP contribution is -2.54. The Morgan fingerprint density at radius 1 is 1.43 bits per heavy atom. The van der Waals surface area contributed by atoms with Gasteiger partial charge >= 0.3 is 6.09 Å². The minimum atomic E-state index is -2.59. The Morgan fingerprint density at radius 2 is 2.19 bits per heavy atom. The first-order chi connectivity index (χ1) is 9.93. The second-order valence-corrected chi connectivity index (χ2v) is 5.63. The molecule has 3 rings (SSSR count). The van der Waals surface area contributed by atoms with Crippen LogP contribution < -0.4 is 10.6 Å². The molecule has 0 saturated carbocycles. The number of rotatable bonds is 1. The lowest BCUT2D eigenvalue weighted by Gasteiger charge is -2.43. The molecule has 0 aromatic heterocycles. The van der Waals surface area contributed by atoms with E-state index in [1.807, 2.05) is 0 Å². The van der Waals surface area contributed by atoms with Gasteiger partial charge in [0.1, 0.15) is 0 Å². The fourth-order valence-corrected chi connectivity index (χ4v) is 3.10. The van der Waals surface area contributed by atoms with Gasteiger partial charge in [-0.1, -0.05) is 11.6 Å². The van der Waals surface area contributed by atoms with E-state index in [4.69, 9.17) is 16.3 Å². The van der Waals surface area contributed by atoms with Gasteiger partial charge in [0.2, 0.25) is 6.43 Å². The van der Waals surface area contributed by atoms with Crippen molar-refractivity contribution in [3.8, 4) is 0 Å². The van der Waals surface area contributed by atoms with Gasteiger partial charge in [0.05, 0.1) is 16.3 Å². The molecule has 2 unspecified atom stereocenters. The Kier molecular flexibility index (Phi) is 3.49. The van der Waals surface area contributed by atoms with Crippen molar-refractivity contribution in [3.63, 3.8) is 0 Å². The van der Waals surface area contributed by atoms with Gasteiger partial charge in [0, 0.05) is 25.4 Å². The smallest absolute Gasteiger partial charge is 0.412 e. The number of carbonyl (C=O) groups excluding carboxylic acids is 1. The molecule has 4 nitrogen and oxygen atoms in total. The number of alkyl halides is 2. The molecule has 2 N–H and O–H groups in total. The van der Waals surface area contributed by atoms with Crippen molar-refractivity contribution >= 4 is 23.4 Å². The average Bonchev–Trinajstić information content (AvgIpc) is 2.42. The minimum Gasteiger partial charge on any atom is -0.436 e. The molecule has 8 heteroatoms. The van der Waals surface area contributed by atoms with E-state index in [1.165, 1.54) is 12.1 Å². The van der Waals surface area contributed by atoms with Crippen LogP contribution >= 0.6 is 11.6 Å². The quantitative estimate of drug-likeness (QED) is 0.836. The zero-order valence-electron chi connectivity index (χ0n) is 10.8. The topological polar surface area (TPSA) is 50.4 Å². The van der Waals surface area contributed by atoms with Crippen molar-refractivity contribution < 1.29 is 22.7 Å². The lowest BCUT2D eigenvalue weighted by molar-refractivity contribution is -0.0568. The third-order valence-corrected chi connectivity index (χ3v) is 4.13. The number of piperidine rings is 1. The highest BCUT2D eigenvalue weighted by Gasteiger charge is 2.49. The standard InChI is InChI=1S/C13H12ClF3N2O2/c14-7-1-2-8-9(10(7)15)13(21-12(20)19-8)3-6(11(16)17)4-18-5-13/h1-2,6,11,18H,3-5H2,(H,19,20). The van der Waals surface area contributed by atoms with E-state index in [0.717, 1.165) is 0 Å². The maximum Gasteiger partial charge on any atom is 0.412 e. The third kappa shape index (κ3) is 2.34. The number of hydrogen-bond acceptors (Lipinski definition) is 3. The summed E-state index contributed by atoms with van der Waals surface area (Å²) in [6.45, 7) is 0.149. The van der Waals surface area contributed by atoms with Gasteiger partial charge in [-0.3, -0.25) is 5.32 Å². The molecule has 2 aliphatic heterocycles. The summed E-state index contributed by atoms with van der Waals surface area (Å²) >= 11 is 5.77. The monoisotopic (exact) mass is 320 g/mol. The van der Waals surface area contributed by atoms with Gasteiger partial charge in [-0.2, -0.15) is 0 Å². The molecule has 2 aliphatic rings. The summed E-state index contributed by atoms with van der Waals surface area (Å²) in [5, 5.41) is 5.01. The second kappa shape index (κ2) is 5.06. The van der Waals surface area contributed by atoms with E-state index < -0.39 is 29.9 Å². The van der Waals surface area contributed by atoms with Crippen LogP contribution in [0.2, 0.25) is 5.02 Å². The highest BCUT2D eigenvalue weighted by Crippen LogP contribution is 2.45. The molecule has 0 radical (unpaired) electrons. The number of benzene rings is 1. The summed E-state index contributed by atoms with van der Waals surface area (Å²) in [7, 11) is 0. The second-order valence-electron chi connectivity index (χ2n) is 5.22. The number of anilines is 1. The van der Waals surface area contributed by atoms with Crippen molar-refractivity contribution in [2.24, 2.45) is 5.92 Å². The number of ether oxygens (including phenoxy) is 1. The van der Waals surface area contributed by atoms with E-state index in [-0.39, 0.29) is 35.8 Å². The van der Waals surface area contributed by atoms with E-state index in [0.29, 0.717) is 0 Å². The number of amides is 1. The van der Waals surface area contributed by atoms with Crippen molar-refractivity contribution in [1.29, 1.82) is 0 Å². The molecule has 114 valence electrons. The van der Waals surface area contributed by atoms with E-state index in [9.17, 15) is 18.0 Å². The Hall–Kier alpha value is -1.47. The molecule has 1 aromatic rings. The van der Waals surface area contributed by atoms with Crippen LogP contribution in [-0.4, -0.2) is 25.6 Å². The molecule has 1 aromatic carbocycles. The van der Waals surface area contributed by atoms with Crippen LogP contribution in [0.3, 0.4) is 0 Å². The van der Waals surface area contributed by atoms with Crippen LogP contribution in [0.15, 0.2) is 12.1 Å².